The van der Waals surface area contributed by atoms with Crippen molar-refractivity contribution in [3.8, 4) is 0 Å². The summed E-state index contributed by atoms with van der Waals surface area (Å²) in [5, 5.41) is 4.78. The monoisotopic (exact) mass is 372 g/mol. The molecule has 1 aromatic heterocycles. The number of benzene rings is 2. The second-order valence-electron chi connectivity index (χ2n) is 5.51. The maximum atomic E-state index is 13.6. The summed E-state index contributed by atoms with van der Waals surface area (Å²) in [5.74, 6) is 0.287. The van der Waals surface area contributed by atoms with Crippen LogP contribution < -0.4 is 5.32 Å². The molecule has 0 fully saturated rings. The summed E-state index contributed by atoms with van der Waals surface area (Å²) < 4.78 is 14.6. The van der Waals surface area contributed by atoms with Crippen LogP contribution in [0.1, 0.15) is 27.2 Å². The van der Waals surface area contributed by atoms with Crippen LogP contribution >= 0.6 is 23.1 Å². The lowest BCUT2D eigenvalue weighted by Gasteiger charge is -2.07. The average Bonchev–Trinajstić information content (AvgIpc) is 3.05. The number of nitrogens with zero attached hydrogens (tertiary/aromatic N) is 1. The lowest BCUT2D eigenvalue weighted by molar-refractivity contribution is 0.0950. The zero-order valence-electron chi connectivity index (χ0n) is 13.7. The number of hydrogen-bond donors (Lipinski definition) is 1. The van der Waals surface area contributed by atoms with Gasteiger partial charge in [0, 0.05) is 34.5 Å². The van der Waals surface area contributed by atoms with Gasteiger partial charge in [-0.2, -0.15) is 0 Å². The number of nitrogens with one attached hydrogen (secondary N) is 1. The lowest BCUT2D eigenvalue weighted by atomic mass is 10.1. The van der Waals surface area contributed by atoms with E-state index >= 15 is 0 Å². The predicted octanol–water partition coefficient (Wildman–Crippen LogP) is 4.81. The molecule has 1 heterocycles. The van der Waals surface area contributed by atoms with Crippen molar-refractivity contribution in [3.63, 3.8) is 0 Å². The fraction of sp³-hybridized carbons (Fsp3) is 0.158. The van der Waals surface area contributed by atoms with Gasteiger partial charge in [0.15, 0.2) is 0 Å². The van der Waals surface area contributed by atoms with Crippen LogP contribution in [0.5, 0.6) is 0 Å². The first-order chi connectivity index (χ1) is 12.1. The number of thiazole rings is 1. The van der Waals surface area contributed by atoms with Gasteiger partial charge in [0.2, 0.25) is 0 Å². The molecule has 0 spiro atoms. The topological polar surface area (TPSA) is 42.0 Å². The number of halogens is 1. The minimum atomic E-state index is -0.312. The summed E-state index contributed by atoms with van der Waals surface area (Å²) in [4.78, 5) is 16.6. The molecule has 1 N–H and O–H groups in total. The molecule has 3 nitrogen and oxygen atoms in total. The first-order valence-electron chi connectivity index (χ1n) is 7.77. The van der Waals surface area contributed by atoms with Crippen molar-refractivity contribution in [1.82, 2.24) is 10.3 Å². The molecule has 1 amide bonds. The van der Waals surface area contributed by atoms with E-state index in [1.165, 1.54) is 6.07 Å². The van der Waals surface area contributed by atoms with Crippen molar-refractivity contribution in [2.75, 3.05) is 0 Å². The van der Waals surface area contributed by atoms with Gasteiger partial charge in [-0.1, -0.05) is 42.1 Å². The SMILES string of the molecule is Cc1csc(SCc2ccc(C(=O)NCc3ccccc3F)cc2)n1. The lowest BCUT2D eigenvalue weighted by Crippen LogP contribution is -2.23. The molecule has 0 saturated heterocycles. The summed E-state index contributed by atoms with van der Waals surface area (Å²) in [7, 11) is 0. The Bertz CT molecular complexity index is 862. The number of rotatable bonds is 6. The predicted molar refractivity (Wildman–Crippen MR) is 100 cm³/mol. The fourth-order valence-electron chi connectivity index (χ4n) is 2.22. The van der Waals surface area contributed by atoms with Crippen LogP contribution in [0.4, 0.5) is 4.39 Å². The van der Waals surface area contributed by atoms with Crippen LogP contribution in [0.2, 0.25) is 0 Å². The molecule has 3 rings (SSSR count). The van der Waals surface area contributed by atoms with Gasteiger partial charge in [-0.25, -0.2) is 9.37 Å². The largest absolute Gasteiger partial charge is 0.348 e. The van der Waals surface area contributed by atoms with Crippen molar-refractivity contribution >= 4 is 29.0 Å². The molecule has 0 saturated carbocycles. The Kier molecular flexibility index (Phi) is 5.83. The minimum absolute atomic E-state index is 0.173. The summed E-state index contributed by atoms with van der Waals surface area (Å²) in [6.07, 6.45) is 0. The third kappa shape index (κ3) is 4.90. The second-order valence-corrected chi connectivity index (χ2v) is 7.60. The summed E-state index contributed by atoms with van der Waals surface area (Å²) in [6, 6.07) is 13.9. The van der Waals surface area contributed by atoms with E-state index in [0.29, 0.717) is 11.1 Å². The van der Waals surface area contributed by atoms with E-state index in [9.17, 15) is 9.18 Å². The van der Waals surface area contributed by atoms with Crippen molar-refractivity contribution in [2.24, 2.45) is 0 Å². The Morgan fingerprint density at radius 2 is 1.96 bits per heavy atom. The summed E-state index contributed by atoms with van der Waals surface area (Å²) in [5.41, 5.74) is 3.20. The Morgan fingerprint density at radius 1 is 1.20 bits per heavy atom. The molecule has 0 atom stereocenters. The molecule has 128 valence electrons. The Hall–Kier alpha value is -2.18. The van der Waals surface area contributed by atoms with Gasteiger partial charge >= 0.3 is 0 Å². The Morgan fingerprint density at radius 3 is 2.64 bits per heavy atom. The van der Waals surface area contributed by atoms with Gasteiger partial charge in [0.25, 0.3) is 5.91 Å². The second kappa shape index (κ2) is 8.27. The van der Waals surface area contributed by atoms with Crippen LogP contribution in [0.3, 0.4) is 0 Å². The number of carbonyl (C=O) groups is 1. The maximum Gasteiger partial charge on any atom is 0.251 e. The van der Waals surface area contributed by atoms with Crippen LogP contribution in [0.25, 0.3) is 0 Å². The van der Waals surface area contributed by atoms with E-state index in [0.717, 1.165) is 21.3 Å². The normalized spacial score (nSPS) is 10.6. The highest BCUT2D eigenvalue weighted by Crippen LogP contribution is 2.26. The first kappa shape index (κ1) is 17.6. The summed E-state index contributed by atoms with van der Waals surface area (Å²) >= 11 is 3.32. The molecular weight excluding hydrogens is 355 g/mol. The van der Waals surface area contributed by atoms with Crippen molar-refractivity contribution in [3.05, 3.63) is 82.1 Å². The van der Waals surface area contributed by atoms with E-state index < -0.39 is 0 Å². The van der Waals surface area contributed by atoms with Gasteiger partial charge in [-0.05, 0) is 30.7 Å². The Labute approximate surface area is 154 Å². The van der Waals surface area contributed by atoms with Gasteiger partial charge in [0.05, 0.1) is 0 Å². The molecule has 25 heavy (non-hydrogen) atoms. The maximum absolute atomic E-state index is 13.6. The molecule has 0 radical (unpaired) electrons. The average molecular weight is 372 g/mol. The highest BCUT2D eigenvalue weighted by Gasteiger charge is 2.08. The smallest absolute Gasteiger partial charge is 0.251 e. The van der Waals surface area contributed by atoms with E-state index in [1.54, 1.807) is 53.4 Å². The van der Waals surface area contributed by atoms with Crippen molar-refractivity contribution in [2.45, 2.75) is 23.6 Å². The number of carbonyl (C=O) groups excluding carboxylic acids is 1. The Balaban J connectivity index is 1.54. The van der Waals surface area contributed by atoms with E-state index in [1.807, 2.05) is 24.4 Å². The third-order valence-corrected chi connectivity index (χ3v) is 5.78. The number of hydrogen-bond acceptors (Lipinski definition) is 4. The van der Waals surface area contributed by atoms with E-state index in [4.69, 9.17) is 0 Å². The zero-order chi connectivity index (χ0) is 17.6. The molecule has 0 aliphatic rings. The molecular formula is C19H17FN2OS2. The molecule has 6 heteroatoms. The molecule has 0 unspecified atom stereocenters. The fourth-order valence-corrected chi connectivity index (χ4v) is 4.02. The van der Waals surface area contributed by atoms with Crippen LogP contribution in [-0.2, 0) is 12.3 Å². The zero-order valence-corrected chi connectivity index (χ0v) is 15.3. The summed E-state index contributed by atoms with van der Waals surface area (Å²) in [6.45, 7) is 2.15. The molecule has 3 aromatic rings. The van der Waals surface area contributed by atoms with Gasteiger partial charge in [-0.3, -0.25) is 4.79 Å². The van der Waals surface area contributed by atoms with Gasteiger partial charge < -0.3 is 5.32 Å². The van der Waals surface area contributed by atoms with Crippen molar-refractivity contribution < 1.29 is 9.18 Å². The highest BCUT2D eigenvalue weighted by molar-refractivity contribution is 8.00. The van der Waals surface area contributed by atoms with E-state index in [-0.39, 0.29) is 18.3 Å². The van der Waals surface area contributed by atoms with Gasteiger partial charge in [0.1, 0.15) is 10.2 Å². The number of thioether (sulfide) groups is 1. The third-order valence-electron chi connectivity index (χ3n) is 3.57. The molecule has 2 aromatic carbocycles. The van der Waals surface area contributed by atoms with Gasteiger partial charge in [-0.15, -0.1) is 11.3 Å². The number of amides is 1. The highest BCUT2D eigenvalue weighted by atomic mass is 32.2. The molecule has 0 aliphatic heterocycles. The van der Waals surface area contributed by atoms with Crippen LogP contribution in [0.15, 0.2) is 58.3 Å². The van der Waals surface area contributed by atoms with Crippen molar-refractivity contribution in [1.29, 1.82) is 0 Å². The molecule has 0 bridgehead atoms. The van der Waals surface area contributed by atoms with Crippen LogP contribution in [0, 0.1) is 12.7 Å². The quantitative estimate of drug-likeness (QED) is 0.631. The van der Waals surface area contributed by atoms with Crippen LogP contribution in [-0.4, -0.2) is 10.9 Å². The number of aromatic nitrogens is 1. The molecule has 0 aliphatic carbocycles. The number of aryl methyl sites for hydroxylation is 1. The minimum Gasteiger partial charge on any atom is -0.348 e. The van der Waals surface area contributed by atoms with E-state index in [2.05, 4.69) is 10.3 Å². The standard InChI is InChI=1S/C19H17FN2OS2/c1-13-11-24-19(22-13)25-12-14-6-8-15(9-7-14)18(23)21-10-16-4-2-3-5-17(16)20/h2-9,11H,10,12H2,1H3,(H,21,23). The first-order valence-corrected chi connectivity index (χ1v) is 9.64.